The fourth-order valence-corrected chi connectivity index (χ4v) is 5.17. The number of halogens is 1. The molecule has 1 fully saturated rings. The van der Waals surface area contributed by atoms with Gasteiger partial charge in [0.25, 0.3) is 5.91 Å². The van der Waals surface area contributed by atoms with Crippen LogP contribution in [0.3, 0.4) is 0 Å². The summed E-state index contributed by atoms with van der Waals surface area (Å²) in [5.41, 5.74) is -0.438. The molecule has 0 radical (unpaired) electrons. The van der Waals surface area contributed by atoms with Gasteiger partial charge in [-0.3, -0.25) is 14.5 Å². The monoisotopic (exact) mass is 492 g/mol. The minimum absolute atomic E-state index is 0.108. The summed E-state index contributed by atoms with van der Waals surface area (Å²) in [6.07, 6.45) is 0. The molecule has 0 unspecified atom stereocenters. The van der Waals surface area contributed by atoms with E-state index in [1.165, 1.54) is 28.6 Å². The Hall–Kier alpha value is -2.95. The van der Waals surface area contributed by atoms with E-state index >= 15 is 0 Å². The summed E-state index contributed by atoms with van der Waals surface area (Å²) in [5, 5.41) is 5.70. The van der Waals surface area contributed by atoms with Gasteiger partial charge < -0.3 is 10.6 Å². The number of carbonyl (C=O) groups excluding carboxylic acids is 3. The van der Waals surface area contributed by atoms with E-state index < -0.39 is 40.0 Å². The molecular weight excluding hydrogens is 468 g/mol. The maximum Gasteiger partial charge on any atom is 0.325 e. The summed E-state index contributed by atoms with van der Waals surface area (Å²) in [4.78, 5) is 38.8. The Bertz CT molecular complexity index is 1160. The van der Waals surface area contributed by atoms with Gasteiger partial charge in [0.05, 0.1) is 4.90 Å². The highest BCUT2D eigenvalue weighted by Gasteiger charge is 2.49. The van der Waals surface area contributed by atoms with Crippen LogP contribution < -0.4 is 10.6 Å². The largest absolute Gasteiger partial charge is 0.325 e. The van der Waals surface area contributed by atoms with Crippen molar-refractivity contribution >= 4 is 45.2 Å². The van der Waals surface area contributed by atoms with Gasteiger partial charge >= 0.3 is 6.03 Å². The average molecular weight is 493 g/mol. The second-order valence-electron chi connectivity index (χ2n) is 7.62. The number of hydrogen-bond donors (Lipinski definition) is 2. The lowest BCUT2D eigenvalue weighted by Gasteiger charge is -2.22. The van der Waals surface area contributed by atoms with Gasteiger partial charge in [0, 0.05) is 23.8 Å². The number of rotatable bonds is 8. The van der Waals surface area contributed by atoms with Crippen LogP contribution in [0.25, 0.3) is 0 Å². The topological polar surface area (TPSA) is 116 Å². The van der Waals surface area contributed by atoms with Crippen LogP contribution in [0, 0.1) is 0 Å². The van der Waals surface area contributed by atoms with Crippen molar-refractivity contribution in [1.29, 1.82) is 0 Å². The first-order chi connectivity index (χ1) is 15.5. The molecule has 1 aliphatic heterocycles. The number of benzene rings is 2. The molecule has 0 saturated carbocycles. The number of anilines is 1. The van der Waals surface area contributed by atoms with E-state index in [1.54, 1.807) is 45.0 Å². The van der Waals surface area contributed by atoms with Gasteiger partial charge in [-0.2, -0.15) is 4.31 Å². The molecule has 33 heavy (non-hydrogen) atoms. The second-order valence-corrected chi connectivity index (χ2v) is 9.99. The first-order valence-corrected chi connectivity index (χ1v) is 12.1. The molecule has 2 aromatic rings. The van der Waals surface area contributed by atoms with Crippen molar-refractivity contribution in [2.75, 3.05) is 25.0 Å². The van der Waals surface area contributed by atoms with Gasteiger partial charge in [0.15, 0.2) is 0 Å². The molecule has 4 amide bonds. The zero-order valence-corrected chi connectivity index (χ0v) is 20.0. The first-order valence-electron chi connectivity index (χ1n) is 10.3. The predicted molar refractivity (Wildman–Crippen MR) is 124 cm³/mol. The van der Waals surface area contributed by atoms with Crippen LogP contribution in [0.15, 0.2) is 53.4 Å². The molecule has 9 nitrogen and oxygen atoms in total. The smallest absolute Gasteiger partial charge is 0.325 e. The van der Waals surface area contributed by atoms with Crippen molar-refractivity contribution in [2.45, 2.75) is 31.2 Å². The van der Waals surface area contributed by atoms with Crippen LogP contribution >= 0.6 is 11.6 Å². The quantitative estimate of drug-likeness (QED) is 0.550. The number of amides is 4. The molecule has 176 valence electrons. The zero-order valence-electron chi connectivity index (χ0n) is 18.5. The Balaban J connectivity index is 1.69. The molecule has 0 aromatic heterocycles. The average Bonchev–Trinajstić information content (AvgIpc) is 2.99. The highest BCUT2D eigenvalue weighted by Crippen LogP contribution is 2.29. The molecule has 0 aliphatic carbocycles. The molecule has 3 rings (SSSR count). The van der Waals surface area contributed by atoms with Gasteiger partial charge in [-0.1, -0.05) is 37.6 Å². The number of nitrogens with zero attached hydrogens (tertiary/aromatic N) is 2. The molecule has 11 heteroatoms. The third kappa shape index (κ3) is 4.87. The molecular formula is C22H25ClN4O5S. The van der Waals surface area contributed by atoms with Crippen LogP contribution in [0.1, 0.15) is 26.3 Å². The Kier molecular flexibility index (Phi) is 7.11. The van der Waals surface area contributed by atoms with Crippen molar-refractivity contribution in [3.8, 4) is 0 Å². The third-order valence-corrected chi connectivity index (χ3v) is 7.80. The predicted octanol–water partition coefficient (Wildman–Crippen LogP) is 2.78. The number of sulfonamides is 1. The highest BCUT2D eigenvalue weighted by atomic mass is 35.5. The highest BCUT2D eigenvalue weighted by molar-refractivity contribution is 7.89. The van der Waals surface area contributed by atoms with Crippen molar-refractivity contribution in [1.82, 2.24) is 14.5 Å². The van der Waals surface area contributed by atoms with Crippen LogP contribution in [-0.4, -0.2) is 55.1 Å². The van der Waals surface area contributed by atoms with Gasteiger partial charge in [-0.25, -0.2) is 13.2 Å². The normalized spacial score (nSPS) is 18.5. The molecule has 0 bridgehead atoms. The summed E-state index contributed by atoms with van der Waals surface area (Å²) >= 11 is 5.90. The minimum Gasteiger partial charge on any atom is -0.325 e. The van der Waals surface area contributed by atoms with E-state index in [-0.39, 0.29) is 4.90 Å². The molecule has 1 aliphatic rings. The van der Waals surface area contributed by atoms with Crippen LogP contribution in [0.4, 0.5) is 10.5 Å². The van der Waals surface area contributed by atoms with Crippen LogP contribution in [-0.2, 0) is 25.2 Å². The van der Waals surface area contributed by atoms with Gasteiger partial charge in [0.2, 0.25) is 15.9 Å². The van der Waals surface area contributed by atoms with E-state index in [0.29, 0.717) is 29.4 Å². The summed E-state index contributed by atoms with van der Waals surface area (Å²) in [6.45, 7) is 5.26. The van der Waals surface area contributed by atoms with Crippen LogP contribution in [0.5, 0.6) is 0 Å². The molecule has 0 spiro atoms. The number of hydrogen-bond acceptors (Lipinski definition) is 5. The second kappa shape index (κ2) is 9.50. The Morgan fingerprint density at radius 2 is 1.64 bits per heavy atom. The Labute approximate surface area is 197 Å². The van der Waals surface area contributed by atoms with Gasteiger partial charge in [-0.15, -0.1) is 0 Å². The standard InChI is InChI=1S/C22H25ClN4O5S/c1-4-26(5-2)33(31,32)18-12-10-17(11-13-18)24-19(28)14-27-20(29)22(3,25-21(27)30)15-6-8-16(23)9-7-15/h6-13H,4-5,14H2,1-3H3,(H,24,28)(H,25,30)/t22-/m0/s1. The molecule has 2 N–H and O–H groups in total. The van der Waals surface area contributed by atoms with Crippen LogP contribution in [0.2, 0.25) is 5.02 Å². The fourth-order valence-electron chi connectivity index (χ4n) is 3.59. The van der Waals surface area contributed by atoms with Crippen molar-refractivity contribution in [3.05, 3.63) is 59.1 Å². The third-order valence-electron chi connectivity index (χ3n) is 5.48. The van der Waals surface area contributed by atoms with Gasteiger partial charge in [0.1, 0.15) is 12.1 Å². The maximum absolute atomic E-state index is 12.9. The number of carbonyl (C=O) groups is 3. The minimum atomic E-state index is -3.62. The lowest BCUT2D eigenvalue weighted by atomic mass is 9.92. The summed E-state index contributed by atoms with van der Waals surface area (Å²) in [6, 6.07) is 11.5. The molecule has 2 aromatic carbocycles. The molecule has 1 atom stereocenters. The van der Waals surface area contributed by atoms with E-state index in [4.69, 9.17) is 11.6 Å². The lowest BCUT2D eigenvalue weighted by molar-refractivity contribution is -0.133. The summed E-state index contributed by atoms with van der Waals surface area (Å²) in [7, 11) is -3.62. The number of nitrogens with one attached hydrogen (secondary N) is 2. The van der Waals surface area contributed by atoms with E-state index in [1.807, 2.05) is 0 Å². The van der Waals surface area contributed by atoms with Crippen molar-refractivity contribution in [2.24, 2.45) is 0 Å². The summed E-state index contributed by atoms with van der Waals surface area (Å²) < 4.78 is 26.5. The molecule has 1 saturated heterocycles. The Morgan fingerprint density at radius 1 is 1.06 bits per heavy atom. The lowest BCUT2D eigenvalue weighted by Crippen LogP contribution is -2.42. The molecule has 1 heterocycles. The summed E-state index contributed by atoms with van der Waals surface area (Å²) in [5.74, 6) is -1.16. The van der Waals surface area contributed by atoms with E-state index in [9.17, 15) is 22.8 Å². The maximum atomic E-state index is 12.9. The van der Waals surface area contributed by atoms with Gasteiger partial charge in [-0.05, 0) is 48.9 Å². The van der Waals surface area contributed by atoms with E-state index in [2.05, 4.69) is 10.6 Å². The SMILES string of the molecule is CCN(CC)S(=O)(=O)c1ccc(NC(=O)CN2C(=O)N[C@@](C)(c3ccc(Cl)cc3)C2=O)cc1. The zero-order chi connectivity index (χ0) is 24.4. The Morgan fingerprint density at radius 3 is 2.18 bits per heavy atom. The van der Waals surface area contributed by atoms with Crippen molar-refractivity contribution in [3.63, 3.8) is 0 Å². The fraction of sp³-hybridized carbons (Fsp3) is 0.318. The number of urea groups is 1. The first kappa shape index (κ1) is 24.7. The van der Waals surface area contributed by atoms with E-state index in [0.717, 1.165) is 4.90 Å². The van der Waals surface area contributed by atoms with Crippen molar-refractivity contribution < 1.29 is 22.8 Å². The number of imide groups is 1.